The summed E-state index contributed by atoms with van der Waals surface area (Å²) in [6.07, 6.45) is 0. The Morgan fingerprint density at radius 1 is 1.28 bits per heavy atom. The molecular weight excluding hydrogens is 345 g/mol. The van der Waals surface area contributed by atoms with Crippen molar-refractivity contribution >= 4 is 17.2 Å². The molecule has 3 rings (SSSR count). The highest BCUT2D eigenvalue weighted by Crippen LogP contribution is 2.22. The van der Waals surface area contributed by atoms with Gasteiger partial charge in [0.05, 0.1) is 10.9 Å². The molecule has 0 spiro atoms. The first kappa shape index (κ1) is 17.1. The number of nitrogens with zero attached hydrogens (tertiary/aromatic N) is 2. The first-order chi connectivity index (χ1) is 12.0. The van der Waals surface area contributed by atoms with Gasteiger partial charge >= 0.3 is 5.76 Å². The van der Waals surface area contributed by atoms with Gasteiger partial charge in [0.25, 0.3) is 5.89 Å². The molecule has 8 heteroatoms. The predicted molar refractivity (Wildman–Crippen MR) is 91.7 cm³/mol. The van der Waals surface area contributed by atoms with E-state index in [1.807, 2.05) is 11.4 Å². The monoisotopic (exact) mass is 361 g/mol. The predicted octanol–water partition coefficient (Wildman–Crippen LogP) is 3.14. The smallest absolute Gasteiger partial charge is 0.387 e. The third kappa shape index (κ3) is 3.69. The Morgan fingerprint density at radius 3 is 2.64 bits per heavy atom. The van der Waals surface area contributed by atoms with Crippen molar-refractivity contribution in [3.8, 4) is 10.8 Å². The van der Waals surface area contributed by atoms with Crippen LogP contribution in [-0.4, -0.2) is 15.7 Å². The van der Waals surface area contributed by atoms with E-state index in [-0.39, 0.29) is 23.7 Å². The summed E-state index contributed by atoms with van der Waals surface area (Å²) in [4.78, 5) is 25.1. The fraction of sp³-hybridized carbons (Fsp3) is 0.235. The first-order valence-corrected chi connectivity index (χ1v) is 8.53. The summed E-state index contributed by atoms with van der Waals surface area (Å²) in [5.74, 6) is -1.23. The van der Waals surface area contributed by atoms with E-state index in [2.05, 4.69) is 10.4 Å². The number of nitrogens with one attached hydrogen (secondary N) is 1. The van der Waals surface area contributed by atoms with Crippen LogP contribution in [0.25, 0.3) is 10.8 Å². The first-order valence-electron chi connectivity index (χ1n) is 7.65. The maximum atomic E-state index is 13.0. The lowest BCUT2D eigenvalue weighted by Gasteiger charge is -2.17. The maximum absolute atomic E-state index is 13.0. The number of amides is 1. The molecular formula is C17H16FN3O3S. The summed E-state index contributed by atoms with van der Waals surface area (Å²) >= 11 is 1.39. The zero-order valence-corrected chi connectivity index (χ0v) is 14.4. The van der Waals surface area contributed by atoms with E-state index in [9.17, 15) is 14.0 Å². The molecule has 0 fully saturated rings. The molecule has 0 radical (unpaired) electrons. The van der Waals surface area contributed by atoms with E-state index in [0.29, 0.717) is 4.88 Å². The number of hydrogen-bond acceptors (Lipinski definition) is 5. The Kier molecular flexibility index (Phi) is 4.80. The number of carbonyl (C=O) groups excluding carboxylic acids is 1. The molecule has 0 saturated heterocycles. The van der Waals surface area contributed by atoms with Crippen LogP contribution in [0.15, 0.2) is 51.0 Å². The number of halogens is 1. The standard InChI is InChI=1S/C17H16FN3O3S/c1-10(12-5-7-13(18)8-6-12)19-15(22)11(2)21-17(23)24-16(20-21)14-4-3-9-25-14/h3-11H,1-2H3,(H,19,22)/t10-,11+/m1/s1. The number of hydrogen-bond donors (Lipinski definition) is 1. The topological polar surface area (TPSA) is 77.1 Å². The summed E-state index contributed by atoms with van der Waals surface area (Å²) in [6, 6.07) is 8.28. The second-order valence-electron chi connectivity index (χ2n) is 5.55. The Bertz CT molecular complexity index is 916. The second-order valence-corrected chi connectivity index (χ2v) is 6.50. The quantitative estimate of drug-likeness (QED) is 0.757. The van der Waals surface area contributed by atoms with E-state index in [0.717, 1.165) is 10.2 Å². The van der Waals surface area contributed by atoms with Crippen molar-refractivity contribution in [2.45, 2.75) is 25.9 Å². The lowest BCUT2D eigenvalue weighted by molar-refractivity contribution is -0.124. The van der Waals surface area contributed by atoms with Crippen LogP contribution in [0.5, 0.6) is 0 Å². The molecule has 0 aliphatic heterocycles. The highest BCUT2D eigenvalue weighted by Gasteiger charge is 2.23. The minimum absolute atomic E-state index is 0.186. The van der Waals surface area contributed by atoms with Crippen molar-refractivity contribution < 1.29 is 13.6 Å². The normalized spacial score (nSPS) is 13.4. The van der Waals surface area contributed by atoms with E-state index in [1.165, 1.54) is 23.5 Å². The van der Waals surface area contributed by atoms with Crippen LogP contribution in [0.2, 0.25) is 0 Å². The van der Waals surface area contributed by atoms with Gasteiger partial charge in [-0.25, -0.2) is 9.18 Å². The molecule has 2 atom stereocenters. The average Bonchev–Trinajstić information content (AvgIpc) is 3.24. The van der Waals surface area contributed by atoms with E-state index in [1.54, 1.807) is 32.0 Å². The highest BCUT2D eigenvalue weighted by atomic mass is 32.1. The molecule has 0 saturated carbocycles. The lowest BCUT2D eigenvalue weighted by Crippen LogP contribution is -2.36. The van der Waals surface area contributed by atoms with Crippen LogP contribution in [-0.2, 0) is 4.79 Å². The van der Waals surface area contributed by atoms with Gasteiger partial charge in [-0.05, 0) is 43.0 Å². The number of benzene rings is 1. The molecule has 2 aromatic heterocycles. The SMILES string of the molecule is C[C@@H](NC(=O)[C@H](C)n1nc(-c2cccs2)oc1=O)c1ccc(F)cc1. The minimum atomic E-state index is -0.840. The molecule has 0 bridgehead atoms. The Hall–Kier alpha value is -2.74. The fourth-order valence-electron chi connectivity index (χ4n) is 2.31. The lowest BCUT2D eigenvalue weighted by atomic mass is 10.1. The Labute approximate surface area is 146 Å². The minimum Gasteiger partial charge on any atom is -0.387 e. The van der Waals surface area contributed by atoms with E-state index in [4.69, 9.17) is 4.42 Å². The number of aromatic nitrogens is 2. The number of rotatable bonds is 5. The zero-order valence-electron chi connectivity index (χ0n) is 13.6. The molecule has 1 amide bonds. The second kappa shape index (κ2) is 7.02. The molecule has 130 valence electrons. The molecule has 25 heavy (non-hydrogen) atoms. The number of carbonyl (C=O) groups is 1. The van der Waals surface area contributed by atoms with Gasteiger partial charge in [-0.15, -0.1) is 16.4 Å². The summed E-state index contributed by atoms with van der Waals surface area (Å²) in [5.41, 5.74) is 0.758. The van der Waals surface area contributed by atoms with Crippen LogP contribution in [0.1, 0.15) is 31.5 Å². The summed E-state index contributed by atoms with van der Waals surface area (Å²) in [5, 5.41) is 8.73. The maximum Gasteiger partial charge on any atom is 0.438 e. The molecule has 3 aromatic rings. The third-order valence-electron chi connectivity index (χ3n) is 3.78. The summed E-state index contributed by atoms with van der Waals surface area (Å²) < 4.78 is 19.1. The summed E-state index contributed by atoms with van der Waals surface area (Å²) in [6.45, 7) is 3.34. The largest absolute Gasteiger partial charge is 0.438 e. The molecule has 2 heterocycles. The van der Waals surface area contributed by atoms with Crippen molar-refractivity contribution in [2.75, 3.05) is 0 Å². The molecule has 0 aliphatic carbocycles. The van der Waals surface area contributed by atoms with E-state index < -0.39 is 11.8 Å². The zero-order chi connectivity index (χ0) is 18.0. The molecule has 1 aromatic carbocycles. The van der Waals surface area contributed by atoms with Gasteiger partial charge in [0.2, 0.25) is 5.91 Å². The fourth-order valence-corrected chi connectivity index (χ4v) is 2.96. The van der Waals surface area contributed by atoms with Crippen LogP contribution >= 0.6 is 11.3 Å². The van der Waals surface area contributed by atoms with Crippen molar-refractivity contribution in [1.29, 1.82) is 0 Å². The number of thiophene rings is 1. The molecule has 0 unspecified atom stereocenters. The average molecular weight is 361 g/mol. The van der Waals surface area contributed by atoms with Crippen LogP contribution in [0.4, 0.5) is 4.39 Å². The van der Waals surface area contributed by atoms with Gasteiger partial charge in [-0.1, -0.05) is 18.2 Å². The van der Waals surface area contributed by atoms with Gasteiger partial charge < -0.3 is 9.73 Å². The van der Waals surface area contributed by atoms with Gasteiger partial charge in [-0.3, -0.25) is 4.79 Å². The van der Waals surface area contributed by atoms with Crippen molar-refractivity contribution in [1.82, 2.24) is 15.1 Å². The van der Waals surface area contributed by atoms with Crippen molar-refractivity contribution in [3.05, 3.63) is 63.7 Å². The van der Waals surface area contributed by atoms with Crippen molar-refractivity contribution in [3.63, 3.8) is 0 Å². The van der Waals surface area contributed by atoms with Gasteiger partial charge in [0, 0.05) is 0 Å². The van der Waals surface area contributed by atoms with Gasteiger partial charge in [0.1, 0.15) is 11.9 Å². The van der Waals surface area contributed by atoms with Crippen LogP contribution < -0.4 is 11.1 Å². The third-order valence-corrected chi connectivity index (χ3v) is 4.63. The Morgan fingerprint density at radius 2 is 2.00 bits per heavy atom. The molecule has 1 N–H and O–H groups in total. The van der Waals surface area contributed by atoms with Gasteiger partial charge in [-0.2, -0.15) is 4.68 Å². The molecule has 6 nitrogen and oxygen atoms in total. The van der Waals surface area contributed by atoms with Gasteiger partial charge in [0.15, 0.2) is 0 Å². The van der Waals surface area contributed by atoms with Crippen molar-refractivity contribution in [2.24, 2.45) is 0 Å². The van der Waals surface area contributed by atoms with Crippen LogP contribution in [0.3, 0.4) is 0 Å². The highest BCUT2D eigenvalue weighted by molar-refractivity contribution is 7.13. The molecule has 0 aliphatic rings. The summed E-state index contributed by atoms with van der Waals surface area (Å²) in [7, 11) is 0. The van der Waals surface area contributed by atoms with E-state index >= 15 is 0 Å². The van der Waals surface area contributed by atoms with Crippen LogP contribution in [0, 0.1) is 5.82 Å². The Balaban J connectivity index is 1.74.